The normalized spacial score (nSPS) is 15.5. The second-order valence-corrected chi connectivity index (χ2v) is 10.4. The number of aryl methyl sites for hydroxylation is 2. The van der Waals surface area contributed by atoms with E-state index in [9.17, 15) is 4.39 Å². The van der Waals surface area contributed by atoms with Gasteiger partial charge in [-0.2, -0.15) is 0 Å². The molecule has 1 saturated heterocycles. The molecule has 0 bridgehead atoms. The Morgan fingerprint density at radius 2 is 1.44 bits per heavy atom. The Morgan fingerprint density at radius 3 is 2.00 bits per heavy atom. The predicted octanol–water partition coefficient (Wildman–Crippen LogP) is 6.98. The minimum atomic E-state index is -0.195. The van der Waals surface area contributed by atoms with E-state index < -0.39 is 0 Å². The number of piperidine rings is 1. The molecule has 180 valence electrons. The standard InChI is InChI=1S/C30H38FN3/c1-6-27-21(2)33-22(3)28(29(27)34-17-15-30(4,5)16-18-34)25-11-7-23(8-12-25)19-32-20-24-9-13-26(31)14-10-24/h7-14,32H,6,15-20H2,1-5H3. The van der Waals surface area contributed by atoms with Crippen LogP contribution in [0.1, 0.15) is 61.7 Å². The Hall–Kier alpha value is -2.72. The van der Waals surface area contributed by atoms with Gasteiger partial charge in [0.2, 0.25) is 0 Å². The highest BCUT2D eigenvalue weighted by atomic mass is 19.1. The molecule has 1 aromatic heterocycles. The van der Waals surface area contributed by atoms with Gasteiger partial charge in [0.05, 0.1) is 5.69 Å². The summed E-state index contributed by atoms with van der Waals surface area (Å²) >= 11 is 0. The summed E-state index contributed by atoms with van der Waals surface area (Å²) in [6.45, 7) is 15.0. The van der Waals surface area contributed by atoms with Crippen LogP contribution in [0.15, 0.2) is 48.5 Å². The lowest BCUT2D eigenvalue weighted by Gasteiger charge is -2.40. The highest BCUT2D eigenvalue weighted by Crippen LogP contribution is 2.41. The van der Waals surface area contributed by atoms with Crippen molar-refractivity contribution in [3.05, 3.63) is 82.4 Å². The second kappa shape index (κ2) is 10.3. The third-order valence-corrected chi connectivity index (χ3v) is 7.26. The number of anilines is 1. The van der Waals surface area contributed by atoms with Crippen molar-refractivity contribution in [3.63, 3.8) is 0 Å². The van der Waals surface area contributed by atoms with Crippen molar-refractivity contribution in [3.8, 4) is 11.1 Å². The third kappa shape index (κ3) is 5.50. The number of halogens is 1. The molecule has 1 N–H and O–H groups in total. The van der Waals surface area contributed by atoms with Gasteiger partial charge < -0.3 is 10.2 Å². The van der Waals surface area contributed by atoms with Crippen LogP contribution in [-0.2, 0) is 19.5 Å². The topological polar surface area (TPSA) is 28.2 Å². The average Bonchev–Trinajstić information content (AvgIpc) is 2.81. The fourth-order valence-corrected chi connectivity index (χ4v) is 5.06. The summed E-state index contributed by atoms with van der Waals surface area (Å²) in [5.74, 6) is -0.195. The molecule has 3 nitrogen and oxygen atoms in total. The third-order valence-electron chi connectivity index (χ3n) is 7.26. The molecule has 0 amide bonds. The van der Waals surface area contributed by atoms with Gasteiger partial charge in [0.15, 0.2) is 0 Å². The van der Waals surface area contributed by atoms with E-state index in [1.165, 1.54) is 52.9 Å². The maximum atomic E-state index is 13.1. The highest BCUT2D eigenvalue weighted by Gasteiger charge is 2.29. The molecule has 3 aromatic rings. The number of nitrogens with one attached hydrogen (secondary N) is 1. The van der Waals surface area contributed by atoms with Gasteiger partial charge in [-0.15, -0.1) is 0 Å². The van der Waals surface area contributed by atoms with E-state index in [1.54, 1.807) is 0 Å². The van der Waals surface area contributed by atoms with Crippen molar-refractivity contribution >= 4 is 5.69 Å². The van der Waals surface area contributed by atoms with E-state index in [0.717, 1.165) is 49.6 Å². The summed E-state index contributed by atoms with van der Waals surface area (Å²) in [5, 5.41) is 3.46. The van der Waals surface area contributed by atoms with Gasteiger partial charge in [-0.3, -0.25) is 4.98 Å². The molecule has 34 heavy (non-hydrogen) atoms. The monoisotopic (exact) mass is 459 g/mol. The first-order valence-electron chi connectivity index (χ1n) is 12.6. The zero-order valence-electron chi connectivity index (χ0n) is 21.3. The van der Waals surface area contributed by atoms with E-state index in [0.29, 0.717) is 5.41 Å². The smallest absolute Gasteiger partial charge is 0.123 e. The lowest BCUT2D eigenvalue weighted by atomic mass is 9.82. The van der Waals surface area contributed by atoms with E-state index in [2.05, 4.69) is 69.1 Å². The zero-order valence-corrected chi connectivity index (χ0v) is 21.3. The van der Waals surface area contributed by atoms with Crippen LogP contribution in [0.25, 0.3) is 11.1 Å². The second-order valence-electron chi connectivity index (χ2n) is 10.4. The molecule has 0 radical (unpaired) electrons. The van der Waals surface area contributed by atoms with Gasteiger partial charge in [-0.25, -0.2) is 4.39 Å². The van der Waals surface area contributed by atoms with Crippen LogP contribution in [-0.4, -0.2) is 18.1 Å². The molecule has 0 saturated carbocycles. The Morgan fingerprint density at radius 1 is 0.882 bits per heavy atom. The number of hydrogen-bond donors (Lipinski definition) is 1. The summed E-state index contributed by atoms with van der Waals surface area (Å²) in [5.41, 5.74) is 10.3. The van der Waals surface area contributed by atoms with Crippen LogP contribution in [0.5, 0.6) is 0 Å². The molecule has 1 fully saturated rings. The number of pyridine rings is 1. The summed E-state index contributed by atoms with van der Waals surface area (Å²) in [7, 11) is 0. The van der Waals surface area contributed by atoms with Crippen molar-refractivity contribution in [1.82, 2.24) is 10.3 Å². The van der Waals surface area contributed by atoms with Crippen molar-refractivity contribution in [2.45, 2.75) is 67.0 Å². The van der Waals surface area contributed by atoms with Crippen molar-refractivity contribution in [2.75, 3.05) is 18.0 Å². The molecular formula is C30H38FN3. The summed E-state index contributed by atoms with van der Waals surface area (Å²) in [4.78, 5) is 7.56. The highest BCUT2D eigenvalue weighted by molar-refractivity contribution is 5.83. The first-order valence-corrected chi connectivity index (χ1v) is 12.6. The van der Waals surface area contributed by atoms with E-state index in [1.807, 2.05) is 12.1 Å². The summed E-state index contributed by atoms with van der Waals surface area (Å²) in [6.07, 6.45) is 3.43. The molecule has 2 heterocycles. The van der Waals surface area contributed by atoms with Crippen LogP contribution < -0.4 is 10.2 Å². The Kier molecular flexibility index (Phi) is 7.37. The maximum Gasteiger partial charge on any atom is 0.123 e. The van der Waals surface area contributed by atoms with Gasteiger partial charge in [-0.05, 0) is 72.9 Å². The number of aromatic nitrogens is 1. The van der Waals surface area contributed by atoms with Gasteiger partial charge in [0.1, 0.15) is 5.82 Å². The van der Waals surface area contributed by atoms with Crippen LogP contribution in [0.4, 0.5) is 10.1 Å². The number of rotatable bonds is 7. The minimum absolute atomic E-state index is 0.195. The molecule has 1 aliphatic heterocycles. The number of nitrogens with zero attached hydrogens (tertiary/aromatic N) is 2. The fraction of sp³-hybridized carbons (Fsp3) is 0.433. The molecule has 4 heteroatoms. The van der Waals surface area contributed by atoms with Gasteiger partial charge >= 0.3 is 0 Å². The predicted molar refractivity (Wildman–Crippen MR) is 141 cm³/mol. The number of hydrogen-bond acceptors (Lipinski definition) is 3. The van der Waals surface area contributed by atoms with E-state index in [-0.39, 0.29) is 5.82 Å². The van der Waals surface area contributed by atoms with Crippen molar-refractivity contribution in [2.24, 2.45) is 5.41 Å². The molecule has 0 unspecified atom stereocenters. The van der Waals surface area contributed by atoms with E-state index >= 15 is 0 Å². The van der Waals surface area contributed by atoms with Crippen molar-refractivity contribution in [1.29, 1.82) is 0 Å². The maximum absolute atomic E-state index is 13.1. The molecule has 0 aliphatic carbocycles. The average molecular weight is 460 g/mol. The largest absolute Gasteiger partial charge is 0.371 e. The molecular weight excluding hydrogens is 421 g/mol. The fourth-order valence-electron chi connectivity index (χ4n) is 5.06. The Labute approximate surface area is 204 Å². The molecule has 4 rings (SSSR count). The summed E-state index contributed by atoms with van der Waals surface area (Å²) in [6, 6.07) is 15.6. The Balaban J connectivity index is 1.56. The first-order chi connectivity index (χ1) is 16.3. The Bertz CT molecular complexity index is 1110. The quantitative estimate of drug-likeness (QED) is 0.413. The minimum Gasteiger partial charge on any atom is -0.371 e. The van der Waals surface area contributed by atoms with Crippen LogP contribution in [0, 0.1) is 25.1 Å². The van der Waals surface area contributed by atoms with Crippen LogP contribution in [0.3, 0.4) is 0 Å². The van der Waals surface area contributed by atoms with Crippen molar-refractivity contribution < 1.29 is 4.39 Å². The van der Waals surface area contributed by atoms with Crippen LogP contribution >= 0.6 is 0 Å². The number of benzene rings is 2. The van der Waals surface area contributed by atoms with Crippen LogP contribution in [0.2, 0.25) is 0 Å². The van der Waals surface area contributed by atoms with Gasteiger partial charge in [0.25, 0.3) is 0 Å². The van der Waals surface area contributed by atoms with E-state index in [4.69, 9.17) is 4.98 Å². The molecule has 2 aromatic carbocycles. The SMILES string of the molecule is CCc1c(C)nc(C)c(-c2ccc(CNCc3ccc(F)cc3)cc2)c1N1CCC(C)(C)CC1. The lowest BCUT2D eigenvalue weighted by Crippen LogP contribution is -2.38. The summed E-state index contributed by atoms with van der Waals surface area (Å²) < 4.78 is 13.1. The van der Waals surface area contributed by atoms with Gasteiger partial charge in [0, 0.05) is 43.1 Å². The molecule has 1 aliphatic rings. The molecule has 0 atom stereocenters. The first kappa shape index (κ1) is 24.4. The van der Waals surface area contributed by atoms with Gasteiger partial charge in [-0.1, -0.05) is 57.2 Å². The molecule has 0 spiro atoms. The zero-order chi connectivity index (χ0) is 24.3. The lowest BCUT2D eigenvalue weighted by molar-refractivity contribution is 0.279.